The Morgan fingerprint density at radius 2 is 2.18 bits per heavy atom. The standard InChI is InChI=1S/C13H15BrN2O/c14-11-6-13(12(7-15)16-8-11)17-9-10-4-2-1-3-5-10/h6,8,10H,1-5,9H2. The van der Waals surface area contributed by atoms with Gasteiger partial charge in [-0.1, -0.05) is 19.3 Å². The molecule has 1 aliphatic rings. The molecular formula is C13H15BrN2O. The molecule has 4 heteroatoms. The Morgan fingerprint density at radius 3 is 2.88 bits per heavy atom. The summed E-state index contributed by atoms with van der Waals surface area (Å²) in [5.41, 5.74) is 0.365. The van der Waals surface area contributed by atoms with E-state index in [4.69, 9.17) is 10.00 Å². The van der Waals surface area contributed by atoms with Crippen molar-refractivity contribution in [2.75, 3.05) is 6.61 Å². The first-order chi connectivity index (χ1) is 8.29. The molecule has 90 valence electrons. The van der Waals surface area contributed by atoms with Crippen molar-refractivity contribution in [3.05, 3.63) is 22.4 Å². The van der Waals surface area contributed by atoms with Gasteiger partial charge in [-0.25, -0.2) is 4.98 Å². The van der Waals surface area contributed by atoms with Crippen LogP contribution in [0.4, 0.5) is 0 Å². The predicted molar refractivity (Wildman–Crippen MR) is 68.7 cm³/mol. The number of aromatic nitrogens is 1. The highest BCUT2D eigenvalue weighted by Crippen LogP contribution is 2.26. The van der Waals surface area contributed by atoms with E-state index in [1.54, 1.807) is 6.20 Å². The zero-order valence-corrected chi connectivity index (χ0v) is 11.2. The fourth-order valence-corrected chi connectivity index (χ4v) is 2.49. The van der Waals surface area contributed by atoms with E-state index in [1.165, 1.54) is 32.1 Å². The van der Waals surface area contributed by atoms with Crippen LogP contribution in [0.25, 0.3) is 0 Å². The van der Waals surface area contributed by atoms with Gasteiger partial charge in [0.25, 0.3) is 0 Å². The maximum Gasteiger partial charge on any atom is 0.182 e. The highest BCUT2D eigenvalue weighted by Gasteiger charge is 2.15. The Hall–Kier alpha value is -1.08. The van der Waals surface area contributed by atoms with Gasteiger partial charge in [0.1, 0.15) is 6.07 Å². The number of rotatable bonds is 3. The largest absolute Gasteiger partial charge is 0.490 e. The molecule has 17 heavy (non-hydrogen) atoms. The summed E-state index contributed by atoms with van der Waals surface area (Å²) in [5, 5.41) is 8.94. The Bertz CT molecular complexity index is 422. The third kappa shape index (κ3) is 3.44. The molecule has 2 rings (SSSR count). The summed E-state index contributed by atoms with van der Waals surface area (Å²) < 4.78 is 6.58. The van der Waals surface area contributed by atoms with Crippen molar-refractivity contribution in [2.45, 2.75) is 32.1 Å². The van der Waals surface area contributed by atoms with E-state index in [0.717, 1.165) is 4.47 Å². The quantitative estimate of drug-likeness (QED) is 0.854. The van der Waals surface area contributed by atoms with Gasteiger partial charge in [0.15, 0.2) is 11.4 Å². The lowest BCUT2D eigenvalue weighted by atomic mass is 9.90. The van der Waals surface area contributed by atoms with Crippen molar-refractivity contribution in [3.63, 3.8) is 0 Å². The summed E-state index contributed by atoms with van der Waals surface area (Å²) in [6.07, 6.45) is 8.04. The van der Waals surface area contributed by atoms with Gasteiger partial charge < -0.3 is 4.74 Å². The molecule has 1 aliphatic carbocycles. The highest BCUT2D eigenvalue weighted by atomic mass is 79.9. The molecule has 0 N–H and O–H groups in total. The average molecular weight is 295 g/mol. The number of hydrogen-bond donors (Lipinski definition) is 0. The molecule has 0 aliphatic heterocycles. The summed E-state index contributed by atoms with van der Waals surface area (Å²) in [4.78, 5) is 4.03. The second kappa shape index (κ2) is 6.02. The summed E-state index contributed by atoms with van der Waals surface area (Å²) >= 11 is 3.34. The van der Waals surface area contributed by atoms with Crippen LogP contribution in [-0.4, -0.2) is 11.6 Å². The molecule has 0 radical (unpaired) electrons. The molecule has 0 atom stereocenters. The van der Waals surface area contributed by atoms with Gasteiger partial charge in [-0.15, -0.1) is 0 Å². The number of nitrogens with zero attached hydrogens (tertiary/aromatic N) is 2. The van der Waals surface area contributed by atoms with Crippen LogP contribution in [0.1, 0.15) is 37.8 Å². The zero-order chi connectivity index (χ0) is 12.1. The van der Waals surface area contributed by atoms with Crippen LogP contribution < -0.4 is 4.74 Å². The third-order valence-electron chi connectivity index (χ3n) is 3.12. The monoisotopic (exact) mass is 294 g/mol. The van der Waals surface area contributed by atoms with Crippen molar-refractivity contribution >= 4 is 15.9 Å². The van der Waals surface area contributed by atoms with Gasteiger partial charge in [-0.3, -0.25) is 0 Å². The summed E-state index contributed by atoms with van der Waals surface area (Å²) in [7, 11) is 0. The number of pyridine rings is 1. The minimum absolute atomic E-state index is 0.365. The smallest absolute Gasteiger partial charge is 0.182 e. The van der Waals surface area contributed by atoms with Gasteiger partial charge in [-0.05, 0) is 40.8 Å². The normalized spacial score (nSPS) is 16.5. The first-order valence-corrected chi connectivity index (χ1v) is 6.77. The SMILES string of the molecule is N#Cc1ncc(Br)cc1OCC1CCCCC1. The summed E-state index contributed by atoms with van der Waals surface area (Å²) in [6, 6.07) is 3.87. The van der Waals surface area contributed by atoms with Gasteiger partial charge in [0.2, 0.25) is 0 Å². The van der Waals surface area contributed by atoms with Crippen LogP contribution in [0, 0.1) is 17.2 Å². The van der Waals surface area contributed by atoms with Crippen molar-refractivity contribution in [2.24, 2.45) is 5.92 Å². The minimum Gasteiger partial charge on any atom is -0.490 e. The van der Waals surface area contributed by atoms with Crippen LogP contribution in [0.15, 0.2) is 16.7 Å². The van der Waals surface area contributed by atoms with E-state index in [9.17, 15) is 0 Å². The van der Waals surface area contributed by atoms with Crippen LogP contribution >= 0.6 is 15.9 Å². The molecular weight excluding hydrogens is 280 g/mol. The molecule has 0 aromatic carbocycles. The molecule has 0 saturated heterocycles. The maximum atomic E-state index is 8.94. The lowest BCUT2D eigenvalue weighted by Gasteiger charge is -2.21. The summed E-state index contributed by atoms with van der Waals surface area (Å²) in [6.45, 7) is 0.701. The fourth-order valence-electron chi connectivity index (χ4n) is 2.18. The van der Waals surface area contributed by atoms with Crippen LogP contribution in [0.3, 0.4) is 0 Å². The zero-order valence-electron chi connectivity index (χ0n) is 9.66. The molecule has 1 saturated carbocycles. The number of hydrogen-bond acceptors (Lipinski definition) is 3. The molecule has 3 nitrogen and oxygen atoms in total. The molecule has 0 spiro atoms. The van der Waals surface area contributed by atoms with Crippen molar-refractivity contribution in [1.82, 2.24) is 4.98 Å². The Kier molecular flexibility index (Phi) is 4.38. The maximum absolute atomic E-state index is 8.94. The van der Waals surface area contributed by atoms with Crippen molar-refractivity contribution in [3.8, 4) is 11.8 Å². The second-order valence-corrected chi connectivity index (χ2v) is 5.34. The van der Waals surface area contributed by atoms with E-state index in [-0.39, 0.29) is 0 Å². The van der Waals surface area contributed by atoms with Crippen LogP contribution in [-0.2, 0) is 0 Å². The van der Waals surface area contributed by atoms with E-state index < -0.39 is 0 Å². The first-order valence-electron chi connectivity index (χ1n) is 5.98. The molecule has 1 aromatic heterocycles. The number of halogens is 1. The fraction of sp³-hybridized carbons (Fsp3) is 0.538. The molecule has 1 aromatic rings. The van der Waals surface area contributed by atoms with Gasteiger partial charge in [0, 0.05) is 10.7 Å². The lowest BCUT2D eigenvalue weighted by Crippen LogP contribution is -2.15. The third-order valence-corrected chi connectivity index (χ3v) is 3.56. The summed E-state index contributed by atoms with van der Waals surface area (Å²) in [5.74, 6) is 1.22. The van der Waals surface area contributed by atoms with Crippen LogP contribution in [0.2, 0.25) is 0 Å². The molecule has 0 amide bonds. The van der Waals surface area contributed by atoms with Gasteiger partial charge >= 0.3 is 0 Å². The Morgan fingerprint density at radius 1 is 1.41 bits per heavy atom. The van der Waals surface area contributed by atoms with Crippen LogP contribution in [0.5, 0.6) is 5.75 Å². The predicted octanol–water partition coefficient (Wildman–Crippen LogP) is 3.67. The molecule has 0 unspecified atom stereocenters. The van der Waals surface area contributed by atoms with Crippen molar-refractivity contribution in [1.29, 1.82) is 5.26 Å². The Balaban J connectivity index is 1.98. The van der Waals surface area contributed by atoms with E-state index in [0.29, 0.717) is 24.0 Å². The van der Waals surface area contributed by atoms with E-state index >= 15 is 0 Å². The van der Waals surface area contributed by atoms with Crippen molar-refractivity contribution < 1.29 is 4.74 Å². The van der Waals surface area contributed by atoms with E-state index in [2.05, 4.69) is 27.0 Å². The molecule has 1 heterocycles. The lowest BCUT2D eigenvalue weighted by molar-refractivity contribution is 0.207. The Labute approximate surface area is 110 Å². The van der Waals surface area contributed by atoms with E-state index in [1.807, 2.05) is 6.07 Å². The molecule has 1 fully saturated rings. The molecule has 0 bridgehead atoms. The highest BCUT2D eigenvalue weighted by molar-refractivity contribution is 9.10. The minimum atomic E-state index is 0.365. The van der Waals surface area contributed by atoms with Gasteiger partial charge in [0.05, 0.1) is 6.61 Å². The number of ether oxygens (including phenoxy) is 1. The second-order valence-electron chi connectivity index (χ2n) is 4.43. The average Bonchev–Trinajstić information content (AvgIpc) is 2.38. The van der Waals surface area contributed by atoms with Gasteiger partial charge in [-0.2, -0.15) is 5.26 Å². The topological polar surface area (TPSA) is 45.9 Å². The number of nitriles is 1. The first kappa shape index (κ1) is 12.4.